The zero-order chi connectivity index (χ0) is 33.2. The maximum Gasteiger partial charge on any atom is 0.261 e. The second-order valence-corrected chi connectivity index (χ2v) is 14.1. The Bertz CT molecular complexity index is 1570. The lowest BCUT2D eigenvalue weighted by Gasteiger charge is -2.15. The van der Waals surface area contributed by atoms with E-state index < -0.39 is 10.0 Å². The maximum absolute atomic E-state index is 13.4. The first-order chi connectivity index (χ1) is 23.0. The lowest BCUT2D eigenvalue weighted by molar-refractivity contribution is 0.304. The molecule has 0 aromatic heterocycles. The Morgan fingerprint density at radius 3 is 1.51 bits per heavy atom. The van der Waals surface area contributed by atoms with Gasteiger partial charge in [0.1, 0.15) is 11.5 Å². The molecule has 0 heterocycles. The van der Waals surface area contributed by atoms with Gasteiger partial charge < -0.3 is 14.8 Å². The van der Waals surface area contributed by atoms with E-state index in [9.17, 15) is 8.42 Å². The minimum Gasteiger partial charge on any atom is -0.494 e. The van der Waals surface area contributed by atoms with Crippen molar-refractivity contribution in [2.75, 3.05) is 23.3 Å². The van der Waals surface area contributed by atoms with Crippen LogP contribution < -0.4 is 19.5 Å². The van der Waals surface area contributed by atoms with Crippen molar-refractivity contribution < 1.29 is 17.9 Å². The molecule has 0 fully saturated rings. The smallest absolute Gasteiger partial charge is 0.261 e. The summed E-state index contributed by atoms with van der Waals surface area (Å²) in [6, 6.07) is 26.1. The Morgan fingerprint density at radius 2 is 0.957 bits per heavy atom. The standard InChI is InChI=1S/C40H54N2O4S/c1-3-5-7-9-10-11-12-13-14-18-32-46-35-25-27-36(28-26-35)47(43,44)42-40-30-29-39(37-19-15-16-20-38(37)40)41-33-21-23-34(24-22-33)45-31-17-8-6-4-2/h15-16,19-30,41-42H,3-14,17-18,31-32H2,1-2H3. The molecule has 7 heteroatoms. The van der Waals surface area contributed by atoms with Gasteiger partial charge in [-0.3, -0.25) is 4.72 Å². The molecule has 0 amide bonds. The van der Waals surface area contributed by atoms with Gasteiger partial charge in [-0.2, -0.15) is 0 Å². The molecule has 0 saturated heterocycles. The van der Waals surface area contributed by atoms with E-state index in [1.54, 1.807) is 30.3 Å². The minimum absolute atomic E-state index is 0.197. The van der Waals surface area contributed by atoms with Crippen molar-refractivity contribution in [2.45, 2.75) is 109 Å². The first-order valence-electron chi connectivity index (χ1n) is 17.8. The van der Waals surface area contributed by atoms with Crippen molar-refractivity contribution in [3.63, 3.8) is 0 Å². The third-order valence-electron chi connectivity index (χ3n) is 8.47. The van der Waals surface area contributed by atoms with Crippen LogP contribution in [-0.2, 0) is 10.0 Å². The van der Waals surface area contributed by atoms with E-state index in [-0.39, 0.29) is 4.90 Å². The van der Waals surface area contributed by atoms with Crippen molar-refractivity contribution in [1.82, 2.24) is 0 Å². The number of sulfonamides is 1. The van der Waals surface area contributed by atoms with Crippen LogP contribution in [0.5, 0.6) is 11.5 Å². The highest BCUT2D eigenvalue weighted by molar-refractivity contribution is 7.92. The summed E-state index contributed by atoms with van der Waals surface area (Å²) >= 11 is 0. The van der Waals surface area contributed by atoms with Crippen LogP contribution in [0.3, 0.4) is 0 Å². The number of hydrogen-bond acceptors (Lipinski definition) is 5. The highest BCUT2D eigenvalue weighted by Crippen LogP contribution is 2.33. The Kier molecular flexibility index (Phi) is 15.2. The van der Waals surface area contributed by atoms with Crippen LogP contribution in [0.15, 0.2) is 89.8 Å². The number of anilines is 3. The van der Waals surface area contributed by atoms with Gasteiger partial charge >= 0.3 is 0 Å². The highest BCUT2D eigenvalue weighted by Gasteiger charge is 2.17. The zero-order valence-corrected chi connectivity index (χ0v) is 29.3. The van der Waals surface area contributed by atoms with Crippen LogP contribution in [0.4, 0.5) is 17.1 Å². The molecule has 0 radical (unpaired) electrons. The summed E-state index contributed by atoms with van der Waals surface area (Å²) < 4.78 is 41.3. The summed E-state index contributed by atoms with van der Waals surface area (Å²) in [5.41, 5.74) is 2.34. The molecule has 2 N–H and O–H groups in total. The topological polar surface area (TPSA) is 76.7 Å². The summed E-state index contributed by atoms with van der Waals surface area (Å²) in [5.74, 6) is 1.54. The van der Waals surface area contributed by atoms with E-state index in [1.165, 1.54) is 70.6 Å². The third kappa shape index (κ3) is 12.1. The predicted octanol–water partition coefficient (Wildman–Crippen LogP) is 11.6. The van der Waals surface area contributed by atoms with Gasteiger partial charge in [0, 0.05) is 22.1 Å². The highest BCUT2D eigenvalue weighted by atomic mass is 32.2. The van der Waals surface area contributed by atoms with Crippen molar-refractivity contribution >= 4 is 37.9 Å². The van der Waals surface area contributed by atoms with Crippen molar-refractivity contribution in [2.24, 2.45) is 0 Å². The minimum atomic E-state index is -3.80. The first-order valence-corrected chi connectivity index (χ1v) is 19.3. The molecule has 4 aromatic carbocycles. The molecule has 4 aromatic rings. The molecule has 254 valence electrons. The SMILES string of the molecule is CCCCCCCCCCCCOc1ccc(S(=O)(=O)Nc2ccc(Nc3ccc(OCCCCCC)cc3)c3ccccc23)cc1. The second-order valence-electron chi connectivity index (χ2n) is 12.4. The molecule has 0 bridgehead atoms. The number of rotatable bonds is 23. The normalized spacial score (nSPS) is 11.4. The number of fused-ring (bicyclic) bond motifs is 1. The average molecular weight is 659 g/mol. The molecule has 4 rings (SSSR count). The van der Waals surface area contributed by atoms with E-state index >= 15 is 0 Å². The Hall–Kier alpha value is -3.71. The Labute approximate surface area is 283 Å². The van der Waals surface area contributed by atoms with Crippen LogP contribution in [0.1, 0.15) is 104 Å². The molecular formula is C40H54N2O4S. The fourth-order valence-electron chi connectivity index (χ4n) is 5.70. The summed E-state index contributed by atoms with van der Waals surface area (Å²) in [6.45, 7) is 5.83. The summed E-state index contributed by atoms with van der Waals surface area (Å²) in [5, 5.41) is 5.21. The largest absolute Gasteiger partial charge is 0.494 e. The van der Waals surface area contributed by atoms with Crippen LogP contribution in [0.2, 0.25) is 0 Å². The fraction of sp³-hybridized carbons (Fsp3) is 0.450. The molecule has 0 atom stereocenters. The fourth-order valence-corrected chi connectivity index (χ4v) is 6.78. The molecule has 0 unspecified atom stereocenters. The number of hydrogen-bond donors (Lipinski definition) is 2. The molecule has 0 saturated carbocycles. The molecule has 47 heavy (non-hydrogen) atoms. The van der Waals surface area contributed by atoms with Gasteiger partial charge in [0.25, 0.3) is 10.0 Å². The van der Waals surface area contributed by atoms with Gasteiger partial charge in [0.05, 0.1) is 23.8 Å². The van der Waals surface area contributed by atoms with Crippen LogP contribution in [-0.4, -0.2) is 21.6 Å². The summed E-state index contributed by atoms with van der Waals surface area (Å²) in [7, 11) is -3.80. The molecule has 0 aliphatic carbocycles. The number of ether oxygens (including phenoxy) is 2. The van der Waals surface area contributed by atoms with E-state index in [1.807, 2.05) is 54.6 Å². The van der Waals surface area contributed by atoms with E-state index in [2.05, 4.69) is 23.9 Å². The van der Waals surface area contributed by atoms with E-state index in [0.717, 1.165) is 53.8 Å². The third-order valence-corrected chi connectivity index (χ3v) is 9.85. The van der Waals surface area contributed by atoms with Crippen molar-refractivity contribution in [3.05, 3.63) is 84.9 Å². The van der Waals surface area contributed by atoms with Crippen LogP contribution in [0, 0.1) is 0 Å². The average Bonchev–Trinajstić information content (AvgIpc) is 3.09. The second kappa shape index (κ2) is 19.8. The monoisotopic (exact) mass is 658 g/mol. The predicted molar refractivity (Wildman–Crippen MR) is 198 cm³/mol. The van der Waals surface area contributed by atoms with Gasteiger partial charge in [0.15, 0.2) is 0 Å². The van der Waals surface area contributed by atoms with Crippen LogP contribution in [0.25, 0.3) is 10.8 Å². The van der Waals surface area contributed by atoms with Crippen molar-refractivity contribution in [1.29, 1.82) is 0 Å². The maximum atomic E-state index is 13.4. The molecular weight excluding hydrogens is 605 g/mol. The molecule has 0 aliphatic heterocycles. The van der Waals surface area contributed by atoms with E-state index in [4.69, 9.17) is 9.47 Å². The van der Waals surface area contributed by atoms with Gasteiger partial charge in [-0.15, -0.1) is 0 Å². The van der Waals surface area contributed by atoms with Gasteiger partial charge in [-0.25, -0.2) is 8.42 Å². The Morgan fingerprint density at radius 1 is 0.511 bits per heavy atom. The van der Waals surface area contributed by atoms with Crippen molar-refractivity contribution in [3.8, 4) is 11.5 Å². The molecule has 0 aliphatic rings. The summed E-state index contributed by atoms with van der Waals surface area (Å²) in [4.78, 5) is 0.197. The molecule has 0 spiro atoms. The van der Waals surface area contributed by atoms with E-state index in [0.29, 0.717) is 18.0 Å². The first kappa shape index (κ1) is 36.1. The zero-order valence-electron chi connectivity index (χ0n) is 28.4. The summed E-state index contributed by atoms with van der Waals surface area (Å²) in [6.07, 6.45) is 17.5. The van der Waals surface area contributed by atoms with Gasteiger partial charge in [-0.1, -0.05) is 115 Å². The van der Waals surface area contributed by atoms with Gasteiger partial charge in [0.2, 0.25) is 0 Å². The van der Waals surface area contributed by atoms with Gasteiger partial charge in [-0.05, 0) is 73.5 Å². The number of nitrogens with one attached hydrogen (secondary N) is 2. The van der Waals surface area contributed by atoms with Crippen LogP contribution >= 0.6 is 0 Å². The number of benzene rings is 4. The quantitative estimate of drug-likeness (QED) is 0.0776. The number of unbranched alkanes of at least 4 members (excludes halogenated alkanes) is 12. The lowest BCUT2D eigenvalue weighted by Crippen LogP contribution is -2.13. The Balaban J connectivity index is 1.28. The molecule has 6 nitrogen and oxygen atoms in total. The lowest BCUT2D eigenvalue weighted by atomic mass is 10.1.